The van der Waals surface area contributed by atoms with Crippen molar-refractivity contribution in [1.82, 2.24) is 4.90 Å². The van der Waals surface area contributed by atoms with Crippen LogP contribution in [0.3, 0.4) is 0 Å². The number of carbonyl (C=O) groups excluding carboxylic acids is 2. The van der Waals surface area contributed by atoms with Crippen molar-refractivity contribution in [3.8, 4) is 5.75 Å². The minimum absolute atomic E-state index is 0.227. The summed E-state index contributed by atoms with van der Waals surface area (Å²) in [5.41, 5.74) is -0.768. The number of likely N-dealkylation sites (tertiary alicyclic amines) is 1. The fourth-order valence-corrected chi connectivity index (χ4v) is 3.29. The van der Waals surface area contributed by atoms with Gasteiger partial charge in [-0.25, -0.2) is 4.79 Å². The van der Waals surface area contributed by atoms with E-state index in [2.05, 4.69) is 0 Å². The molecule has 0 atom stereocenters. The first-order valence-corrected chi connectivity index (χ1v) is 8.41. The van der Waals surface area contributed by atoms with E-state index in [1.165, 1.54) is 0 Å². The van der Waals surface area contributed by atoms with Crippen LogP contribution in [0.1, 0.15) is 44.0 Å². The molecule has 2 aliphatic rings. The van der Waals surface area contributed by atoms with E-state index >= 15 is 0 Å². The van der Waals surface area contributed by atoms with Gasteiger partial charge in [-0.3, -0.25) is 4.79 Å². The highest BCUT2D eigenvalue weighted by atomic mass is 16.6. The molecule has 3 rings (SSSR count). The number of ketones is 1. The maximum atomic E-state index is 12.7. The Hall–Kier alpha value is -2.50. The highest BCUT2D eigenvalue weighted by Gasteiger charge is 2.48. The van der Waals surface area contributed by atoms with Crippen molar-refractivity contribution >= 4 is 11.9 Å². The maximum Gasteiger partial charge on any atom is 0.410 e. The van der Waals surface area contributed by atoms with Crippen LogP contribution >= 0.6 is 0 Å². The molecule has 0 aliphatic carbocycles. The number of para-hydroxylation sites is 1. The van der Waals surface area contributed by atoms with Crippen LogP contribution in [0.25, 0.3) is 0 Å². The molecule has 1 N–H and O–H groups in total. The fourth-order valence-electron chi connectivity index (χ4n) is 3.29. The molecular formula is C19H23NO5. The van der Waals surface area contributed by atoms with Gasteiger partial charge in [0.1, 0.15) is 17.0 Å². The molecule has 0 saturated carbocycles. The van der Waals surface area contributed by atoms with Crippen LogP contribution in [0.15, 0.2) is 36.1 Å². The van der Waals surface area contributed by atoms with Crippen LogP contribution in [-0.2, 0) is 4.74 Å². The van der Waals surface area contributed by atoms with Gasteiger partial charge in [0, 0.05) is 25.9 Å². The molecule has 0 radical (unpaired) electrons. The van der Waals surface area contributed by atoms with Gasteiger partial charge < -0.3 is 19.5 Å². The van der Waals surface area contributed by atoms with E-state index in [1.54, 1.807) is 23.1 Å². The minimum Gasteiger partial charge on any atom is -0.515 e. The van der Waals surface area contributed by atoms with E-state index < -0.39 is 11.2 Å². The number of benzene rings is 1. The van der Waals surface area contributed by atoms with Crippen LogP contribution in [0.4, 0.5) is 4.79 Å². The number of Topliss-reactive ketones (excluding diaryl/α,β-unsaturated/α-hetero) is 1. The molecule has 6 nitrogen and oxygen atoms in total. The molecule has 1 aromatic rings. The predicted octanol–water partition coefficient (Wildman–Crippen LogP) is 3.47. The summed E-state index contributed by atoms with van der Waals surface area (Å²) in [6.45, 7) is 6.25. The Morgan fingerprint density at radius 2 is 1.92 bits per heavy atom. The summed E-state index contributed by atoms with van der Waals surface area (Å²) in [6.07, 6.45) is 1.30. The van der Waals surface area contributed by atoms with Crippen molar-refractivity contribution in [2.45, 2.75) is 44.8 Å². The molecule has 1 fully saturated rings. The Labute approximate surface area is 147 Å². The topological polar surface area (TPSA) is 76.1 Å². The lowest BCUT2D eigenvalue weighted by molar-refractivity contribution is -0.00635. The summed E-state index contributed by atoms with van der Waals surface area (Å²) in [5.74, 6) is 0.291. The SMILES string of the molecule is CC(C)(C)OC(=O)N1CCC2(CC1)Oc1ccccc1C(=O)C2=CO. The number of piperidine rings is 1. The molecule has 0 aromatic heterocycles. The van der Waals surface area contributed by atoms with E-state index in [1.807, 2.05) is 26.8 Å². The zero-order valence-electron chi connectivity index (χ0n) is 14.7. The van der Waals surface area contributed by atoms with Gasteiger partial charge in [0.25, 0.3) is 0 Å². The van der Waals surface area contributed by atoms with Gasteiger partial charge in [-0.2, -0.15) is 0 Å². The van der Waals surface area contributed by atoms with Crippen LogP contribution < -0.4 is 4.74 Å². The zero-order chi connectivity index (χ0) is 18.2. The molecule has 2 heterocycles. The summed E-state index contributed by atoms with van der Waals surface area (Å²) in [6, 6.07) is 7.01. The number of ether oxygens (including phenoxy) is 2. The Kier molecular flexibility index (Phi) is 4.22. The maximum absolute atomic E-state index is 12.7. The molecule has 1 saturated heterocycles. The fraction of sp³-hybridized carbons (Fsp3) is 0.474. The molecule has 2 aliphatic heterocycles. The van der Waals surface area contributed by atoms with Gasteiger partial charge in [0.15, 0.2) is 5.78 Å². The lowest BCUT2D eigenvalue weighted by Crippen LogP contribution is -2.54. The molecule has 1 aromatic carbocycles. The molecule has 1 amide bonds. The Morgan fingerprint density at radius 1 is 1.28 bits per heavy atom. The average Bonchev–Trinajstić information content (AvgIpc) is 2.54. The van der Waals surface area contributed by atoms with E-state index in [-0.39, 0.29) is 17.4 Å². The molecule has 6 heteroatoms. The van der Waals surface area contributed by atoms with Gasteiger partial charge in [0.2, 0.25) is 0 Å². The third-order valence-corrected chi connectivity index (χ3v) is 4.52. The summed E-state index contributed by atoms with van der Waals surface area (Å²) in [7, 11) is 0. The van der Waals surface area contributed by atoms with Crippen LogP contribution in [0.5, 0.6) is 5.75 Å². The van der Waals surface area contributed by atoms with Gasteiger partial charge in [-0.15, -0.1) is 0 Å². The predicted molar refractivity (Wildman–Crippen MR) is 91.9 cm³/mol. The Bertz CT molecular complexity index is 724. The summed E-state index contributed by atoms with van der Waals surface area (Å²) in [5, 5.41) is 9.66. The number of rotatable bonds is 0. The number of carbonyl (C=O) groups is 2. The third-order valence-electron chi connectivity index (χ3n) is 4.52. The number of aliphatic hydroxyl groups excluding tert-OH is 1. The van der Waals surface area contributed by atoms with E-state index in [4.69, 9.17) is 9.47 Å². The number of amides is 1. The second kappa shape index (κ2) is 6.10. The van der Waals surface area contributed by atoms with Crippen molar-refractivity contribution in [2.24, 2.45) is 0 Å². The van der Waals surface area contributed by atoms with Crippen molar-refractivity contribution in [3.05, 3.63) is 41.7 Å². The smallest absolute Gasteiger partial charge is 0.410 e. The van der Waals surface area contributed by atoms with Crippen molar-refractivity contribution in [3.63, 3.8) is 0 Å². The standard InChI is InChI=1S/C19H23NO5/c1-18(2,3)25-17(23)20-10-8-19(9-11-20)14(12-21)16(22)13-6-4-5-7-15(13)24-19/h4-7,12,21H,8-11H2,1-3H3. The number of aliphatic hydroxyl groups is 1. The lowest BCUT2D eigenvalue weighted by Gasteiger charge is -2.44. The largest absolute Gasteiger partial charge is 0.515 e. The lowest BCUT2D eigenvalue weighted by atomic mass is 9.78. The molecule has 25 heavy (non-hydrogen) atoms. The van der Waals surface area contributed by atoms with Crippen LogP contribution in [-0.4, -0.2) is 46.2 Å². The highest BCUT2D eigenvalue weighted by molar-refractivity contribution is 6.12. The number of fused-ring (bicyclic) bond motifs is 1. The minimum atomic E-state index is -0.904. The van der Waals surface area contributed by atoms with Crippen molar-refractivity contribution < 1.29 is 24.2 Å². The monoisotopic (exact) mass is 345 g/mol. The summed E-state index contributed by atoms with van der Waals surface area (Å²) >= 11 is 0. The van der Waals surface area contributed by atoms with Crippen LogP contribution in [0, 0.1) is 0 Å². The Balaban J connectivity index is 1.80. The molecule has 0 unspecified atom stereocenters. The first kappa shape index (κ1) is 17.3. The zero-order valence-corrected chi connectivity index (χ0v) is 14.7. The average molecular weight is 345 g/mol. The number of hydrogen-bond acceptors (Lipinski definition) is 5. The van der Waals surface area contributed by atoms with Crippen LogP contribution in [0.2, 0.25) is 0 Å². The number of hydrogen-bond donors (Lipinski definition) is 1. The van der Waals surface area contributed by atoms with Gasteiger partial charge >= 0.3 is 6.09 Å². The van der Waals surface area contributed by atoms with Gasteiger partial charge in [0.05, 0.1) is 17.4 Å². The third kappa shape index (κ3) is 3.21. The molecule has 134 valence electrons. The van der Waals surface area contributed by atoms with Gasteiger partial charge in [-0.1, -0.05) is 12.1 Å². The Morgan fingerprint density at radius 3 is 2.52 bits per heavy atom. The van der Waals surface area contributed by atoms with Crippen molar-refractivity contribution in [1.29, 1.82) is 0 Å². The summed E-state index contributed by atoms with van der Waals surface area (Å²) in [4.78, 5) is 26.6. The first-order valence-electron chi connectivity index (χ1n) is 8.41. The van der Waals surface area contributed by atoms with E-state index in [0.717, 1.165) is 6.26 Å². The van der Waals surface area contributed by atoms with E-state index in [0.29, 0.717) is 37.2 Å². The quantitative estimate of drug-likeness (QED) is 0.575. The highest BCUT2D eigenvalue weighted by Crippen LogP contribution is 2.42. The second-order valence-electron chi connectivity index (χ2n) is 7.43. The normalized spacial score (nSPS) is 21.0. The first-order chi connectivity index (χ1) is 11.8. The second-order valence-corrected chi connectivity index (χ2v) is 7.43. The van der Waals surface area contributed by atoms with Gasteiger partial charge in [-0.05, 0) is 32.9 Å². The molecule has 0 bridgehead atoms. The number of nitrogens with zero attached hydrogens (tertiary/aromatic N) is 1. The summed E-state index contributed by atoms with van der Waals surface area (Å²) < 4.78 is 11.5. The van der Waals surface area contributed by atoms with Crippen molar-refractivity contribution in [2.75, 3.05) is 13.1 Å². The molecule has 1 spiro atoms. The van der Waals surface area contributed by atoms with E-state index in [9.17, 15) is 14.7 Å². The molecular weight excluding hydrogens is 322 g/mol.